The summed E-state index contributed by atoms with van der Waals surface area (Å²) in [6.45, 7) is 0. The number of hydrogen-bond donors (Lipinski definition) is 1. The maximum atomic E-state index is 11.1. The van der Waals surface area contributed by atoms with Crippen molar-refractivity contribution in [3.63, 3.8) is 0 Å². The Morgan fingerprint density at radius 2 is 1.50 bits per heavy atom. The summed E-state index contributed by atoms with van der Waals surface area (Å²) in [5, 5.41) is 0.1000. The van der Waals surface area contributed by atoms with Gasteiger partial charge in [-0.15, -0.1) is 0 Å². The van der Waals surface area contributed by atoms with Crippen LogP contribution in [0.2, 0.25) is 0 Å². The smallest absolute Gasteiger partial charge is 0.744 e. The van der Waals surface area contributed by atoms with E-state index in [4.69, 9.17) is 5.73 Å². The van der Waals surface area contributed by atoms with Crippen molar-refractivity contribution in [1.82, 2.24) is 0 Å². The van der Waals surface area contributed by atoms with E-state index in [2.05, 4.69) is 0 Å². The molecule has 0 aromatic heterocycles. The summed E-state index contributed by atoms with van der Waals surface area (Å²) in [5.41, 5.74) is 5.69. The Morgan fingerprint density at radius 3 is 2.00 bits per heavy atom. The molecule has 0 aliphatic carbocycles. The van der Waals surface area contributed by atoms with Crippen LogP contribution in [0.25, 0.3) is 10.8 Å². The Balaban J connectivity index is 0.00000200. The Bertz CT molecular complexity index is 876. The van der Waals surface area contributed by atoms with Gasteiger partial charge in [0.1, 0.15) is 20.2 Å². The van der Waals surface area contributed by atoms with Crippen molar-refractivity contribution in [2.24, 2.45) is 0 Å². The van der Waals surface area contributed by atoms with Crippen LogP contribution in [0.3, 0.4) is 0 Å². The van der Waals surface area contributed by atoms with E-state index in [0.717, 1.165) is 6.07 Å². The molecular formula is C10H7NNaO6S2-. The van der Waals surface area contributed by atoms with Crippen LogP contribution < -0.4 is 35.3 Å². The zero-order chi connectivity index (χ0) is 14.4. The van der Waals surface area contributed by atoms with Gasteiger partial charge >= 0.3 is 29.6 Å². The zero-order valence-corrected chi connectivity index (χ0v) is 13.9. The van der Waals surface area contributed by atoms with Crippen LogP contribution in [0, 0.1) is 0 Å². The van der Waals surface area contributed by atoms with E-state index in [1.165, 1.54) is 18.2 Å². The van der Waals surface area contributed by atoms with Crippen molar-refractivity contribution in [2.45, 2.75) is 9.79 Å². The van der Waals surface area contributed by atoms with Crippen molar-refractivity contribution in [1.29, 1.82) is 0 Å². The minimum absolute atomic E-state index is 0. The third-order valence-electron chi connectivity index (χ3n) is 2.47. The van der Waals surface area contributed by atoms with Crippen LogP contribution >= 0.6 is 0 Å². The molecule has 20 heavy (non-hydrogen) atoms. The second kappa shape index (κ2) is 5.60. The molecule has 0 saturated heterocycles. The molecule has 0 spiro atoms. The van der Waals surface area contributed by atoms with E-state index in [1.54, 1.807) is 0 Å². The van der Waals surface area contributed by atoms with Crippen LogP contribution in [0.5, 0.6) is 0 Å². The van der Waals surface area contributed by atoms with Gasteiger partial charge in [-0.05, 0) is 29.7 Å². The predicted octanol–water partition coefficient (Wildman–Crippen LogP) is -2.77. The number of anilines is 1. The van der Waals surface area contributed by atoms with E-state index < -0.39 is 30.0 Å². The Hall–Kier alpha value is -0.680. The fourth-order valence-corrected chi connectivity index (χ4v) is 2.99. The van der Waals surface area contributed by atoms with E-state index in [1.807, 2.05) is 0 Å². The third-order valence-corrected chi connectivity index (χ3v) is 4.16. The number of nitrogens with two attached hydrogens (primary N) is 1. The number of rotatable bonds is 2. The molecule has 102 valence electrons. The first kappa shape index (κ1) is 17.4. The fourth-order valence-electron chi connectivity index (χ4n) is 1.67. The van der Waals surface area contributed by atoms with Crippen LogP contribution in [-0.2, 0) is 20.2 Å². The van der Waals surface area contributed by atoms with E-state index in [9.17, 15) is 25.9 Å². The average Bonchev–Trinajstić information content (AvgIpc) is 2.24. The summed E-state index contributed by atoms with van der Waals surface area (Å²) in [4.78, 5) is -1.56. The molecule has 10 heteroatoms. The van der Waals surface area contributed by atoms with Gasteiger partial charge in [-0.2, -0.15) is 0 Å². The van der Waals surface area contributed by atoms with Crippen molar-refractivity contribution in [2.75, 3.05) is 5.73 Å². The maximum absolute atomic E-state index is 11.1. The quantitative estimate of drug-likeness (QED) is 0.358. The number of fused-ring (bicyclic) bond motifs is 1. The molecule has 0 heterocycles. The minimum Gasteiger partial charge on any atom is -0.744 e. The van der Waals surface area contributed by atoms with Crippen molar-refractivity contribution in [3.05, 3.63) is 30.3 Å². The van der Waals surface area contributed by atoms with Crippen molar-refractivity contribution < 1.29 is 55.5 Å². The fraction of sp³-hybridized carbons (Fsp3) is 0. The second-order valence-electron chi connectivity index (χ2n) is 3.81. The van der Waals surface area contributed by atoms with E-state index in [-0.39, 0.29) is 46.0 Å². The zero-order valence-electron chi connectivity index (χ0n) is 10.2. The molecular weight excluding hydrogens is 317 g/mol. The first-order chi connectivity index (χ1) is 8.59. The van der Waals surface area contributed by atoms with Gasteiger partial charge in [0, 0.05) is 11.1 Å². The molecule has 0 fully saturated rings. The van der Waals surface area contributed by atoms with Gasteiger partial charge in [0.05, 0.1) is 9.79 Å². The van der Waals surface area contributed by atoms with Crippen LogP contribution in [0.4, 0.5) is 5.69 Å². The van der Waals surface area contributed by atoms with Gasteiger partial charge in [0.2, 0.25) is 0 Å². The number of nitrogen functional groups attached to an aromatic ring is 1. The van der Waals surface area contributed by atoms with Gasteiger partial charge < -0.3 is 14.8 Å². The van der Waals surface area contributed by atoms with Gasteiger partial charge in [-0.25, -0.2) is 16.8 Å². The largest absolute Gasteiger partial charge is 1.00 e. The maximum Gasteiger partial charge on any atom is 1.00 e. The Morgan fingerprint density at radius 1 is 0.900 bits per heavy atom. The molecule has 0 atom stereocenters. The summed E-state index contributed by atoms with van der Waals surface area (Å²) >= 11 is 0. The van der Waals surface area contributed by atoms with Crippen LogP contribution in [0.1, 0.15) is 0 Å². The van der Waals surface area contributed by atoms with Crippen molar-refractivity contribution >= 4 is 36.7 Å². The SMILES string of the molecule is Nc1ccc2cc(S(=O)(=O)[O-])cc(S(=O)(=O)[O-])c2c1.[Na+]. The molecule has 0 aliphatic rings. The number of benzene rings is 2. The molecule has 2 rings (SSSR count). The Labute approximate surface area is 137 Å². The molecule has 0 radical (unpaired) electrons. The topological polar surface area (TPSA) is 140 Å². The third kappa shape index (κ3) is 3.50. The van der Waals surface area contributed by atoms with Crippen molar-refractivity contribution in [3.8, 4) is 0 Å². The van der Waals surface area contributed by atoms with E-state index >= 15 is 0 Å². The first-order valence-electron chi connectivity index (χ1n) is 4.84. The molecule has 0 amide bonds. The standard InChI is InChI=1S/C10H9NO6S2.Na/c11-7-2-1-6-3-8(18(12,13)14)5-10(9(6)4-7)19(15,16)17;/h1-5H,11H2,(H,12,13,14)(H,15,16,17);/q;+1/p-2. The molecule has 2 aromatic carbocycles. The summed E-state index contributed by atoms with van der Waals surface area (Å²) in [6, 6.07) is 5.48. The summed E-state index contributed by atoms with van der Waals surface area (Å²) < 4.78 is 66.3. The van der Waals surface area contributed by atoms with Gasteiger partial charge in [0.25, 0.3) is 0 Å². The van der Waals surface area contributed by atoms with Crippen LogP contribution in [0.15, 0.2) is 40.1 Å². The monoisotopic (exact) mass is 324 g/mol. The van der Waals surface area contributed by atoms with Gasteiger partial charge in [-0.1, -0.05) is 6.07 Å². The molecule has 2 aromatic rings. The molecule has 0 saturated carbocycles. The Kier molecular flexibility index (Phi) is 4.87. The minimum atomic E-state index is -4.94. The van der Waals surface area contributed by atoms with E-state index in [0.29, 0.717) is 6.07 Å². The molecule has 0 unspecified atom stereocenters. The predicted molar refractivity (Wildman–Crippen MR) is 64.3 cm³/mol. The summed E-state index contributed by atoms with van der Waals surface area (Å²) in [7, 11) is -9.81. The summed E-state index contributed by atoms with van der Waals surface area (Å²) in [6.07, 6.45) is 0. The summed E-state index contributed by atoms with van der Waals surface area (Å²) in [5.74, 6) is 0. The molecule has 2 N–H and O–H groups in total. The van der Waals surface area contributed by atoms with Gasteiger partial charge in [0.15, 0.2) is 0 Å². The van der Waals surface area contributed by atoms with Crippen LogP contribution in [-0.4, -0.2) is 25.9 Å². The first-order valence-corrected chi connectivity index (χ1v) is 7.66. The van der Waals surface area contributed by atoms with Gasteiger partial charge in [-0.3, -0.25) is 0 Å². The second-order valence-corrected chi connectivity index (χ2v) is 6.54. The normalized spacial score (nSPS) is 12.1. The molecule has 7 nitrogen and oxygen atoms in total. The number of hydrogen-bond acceptors (Lipinski definition) is 7. The molecule has 0 aliphatic heterocycles. The molecule has 0 bridgehead atoms. The average molecular weight is 324 g/mol.